The molecule has 1 aliphatic heterocycles. The van der Waals surface area contributed by atoms with E-state index in [-0.39, 0.29) is 12.1 Å². The second-order valence-corrected chi connectivity index (χ2v) is 6.09. The van der Waals surface area contributed by atoms with E-state index in [0.29, 0.717) is 5.92 Å². The zero-order valence-electron chi connectivity index (χ0n) is 14.0. The topological polar surface area (TPSA) is 15.3 Å². The van der Waals surface area contributed by atoms with Crippen molar-refractivity contribution in [1.29, 1.82) is 0 Å². The molecule has 3 rings (SSSR count). The van der Waals surface area contributed by atoms with Gasteiger partial charge < -0.3 is 4.90 Å². The van der Waals surface area contributed by atoms with Crippen LogP contribution in [0.25, 0.3) is 0 Å². The fraction of sp³-hybridized carbons (Fsp3) is 0.647. The number of para-hydroxylation sites is 1. The second kappa shape index (κ2) is 5.54. The number of rotatable bonds is 2. The van der Waals surface area contributed by atoms with E-state index in [1.54, 1.807) is 5.31 Å². The van der Waals surface area contributed by atoms with Crippen LogP contribution in [0.15, 0.2) is 24.3 Å². The van der Waals surface area contributed by atoms with Crippen molar-refractivity contribution in [1.82, 2.24) is 5.31 Å². The Morgan fingerprint density at radius 3 is 2.74 bits per heavy atom. The van der Waals surface area contributed by atoms with Crippen LogP contribution in [0.3, 0.4) is 0 Å². The molecule has 1 aromatic carbocycles. The first kappa shape index (κ1) is 10.7. The van der Waals surface area contributed by atoms with Crippen molar-refractivity contribution in [2.45, 2.75) is 58.0 Å². The first-order valence-electron chi connectivity index (χ1n) is 8.67. The third kappa shape index (κ3) is 2.51. The average Bonchev–Trinajstić information content (AvgIpc) is 2.71. The summed E-state index contributed by atoms with van der Waals surface area (Å²) >= 11 is 0. The van der Waals surface area contributed by atoms with Crippen molar-refractivity contribution in [3.05, 3.63) is 29.8 Å². The molecule has 2 aliphatic rings. The summed E-state index contributed by atoms with van der Waals surface area (Å²) in [6.07, 6.45) is 6.35. The van der Waals surface area contributed by atoms with E-state index in [1.807, 2.05) is 12.1 Å². The van der Waals surface area contributed by atoms with Crippen LogP contribution in [0.5, 0.6) is 0 Å². The van der Waals surface area contributed by atoms with Gasteiger partial charge >= 0.3 is 0 Å². The molecular formula is C17H26N2. The molecule has 1 aliphatic carbocycles. The smallest absolute Gasteiger partial charge is 0.124 e. The summed E-state index contributed by atoms with van der Waals surface area (Å²) < 4.78 is 16.9. The van der Waals surface area contributed by atoms with Crippen LogP contribution >= 0.6 is 0 Å². The molecule has 0 bridgehead atoms. The van der Waals surface area contributed by atoms with Gasteiger partial charge in [0.15, 0.2) is 0 Å². The van der Waals surface area contributed by atoms with Crippen LogP contribution in [0.1, 0.15) is 46.0 Å². The van der Waals surface area contributed by atoms with Crippen molar-refractivity contribution in [2.75, 3.05) is 11.5 Å². The largest absolute Gasteiger partial charge is 0.354 e. The van der Waals surface area contributed by atoms with Gasteiger partial charge in [-0.25, -0.2) is 0 Å². The number of aryl methyl sites for hydroxylation is 1. The van der Waals surface area contributed by atoms with Crippen LogP contribution in [0.2, 0.25) is 1.41 Å². The highest BCUT2D eigenvalue weighted by Gasteiger charge is 2.36. The van der Waals surface area contributed by atoms with Gasteiger partial charge in [0.25, 0.3) is 0 Å². The summed E-state index contributed by atoms with van der Waals surface area (Å²) in [5, 5.41) is 1.55. The van der Waals surface area contributed by atoms with Crippen LogP contribution < -0.4 is 10.2 Å². The molecule has 0 amide bonds. The molecule has 104 valence electrons. The molecule has 0 aromatic heterocycles. The average molecular weight is 260 g/mol. The summed E-state index contributed by atoms with van der Waals surface area (Å²) in [4.78, 5) is 2.13. The van der Waals surface area contributed by atoms with Gasteiger partial charge in [-0.1, -0.05) is 37.5 Å². The van der Waals surface area contributed by atoms with Gasteiger partial charge in [0.2, 0.25) is 0 Å². The molecule has 2 nitrogen and oxygen atoms in total. The molecule has 1 heterocycles. The molecule has 1 N–H and O–H groups in total. The number of anilines is 1. The fourth-order valence-corrected chi connectivity index (χ4v) is 3.67. The Kier molecular flexibility index (Phi) is 3.13. The summed E-state index contributed by atoms with van der Waals surface area (Å²) in [7, 11) is 0. The summed E-state index contributed by atoms with van der Waals surface area (Å²) in [5.74, 6) is 0.577. The number of nitrogens with one attached hydrogen (secondary N) is 1. The van der Waals surface area contributed by atoms with Gasteiger partial charge in [0, 0.05) is 17.8 Å². The maximum atomic E-state index is 8.47. The first-order chi connectivity index (χ1) is 10.1. The number of nitrogens with zero attached hydrogens (tertiary/aromatic N) is 1. The summed E-state index contributed by atoms with van der Waals surface area (Å²) in [6, 6.07) is 8.67. The lowest BCUT2D eigenvalue weighted by Gasteiger charge is -2.32. The van der Waals surface area contributed by atoms with E-state index < -0.39 is 6.64 Å². The van der Waals surface area contributed by atoms with E-state index in [9.17, 15) is 0 Å². The van der Waals surface area contributed by atoms with Crippen molar-refractivity contribution >= 4 is 5.69 Å². The minimum atomic E-state index is -0.590. The zero-order valence-corrected chi connectivity index (χ0v) is 12.0. The predicted molar refractivity (Wildman–Crippen MR) is 81.5 cm³/mol. The minimum absolute atomic E-state index is 0.187. The lowest BCUT2D eigenvalue weighted by molar-refractivity contribution is 0.276. The first-order valence-corrected chi connectivity index (χ1v) is 7.64. The molecule has 1 saturated carbocycles. The van der Waals surface area contributed by atoms with E-state index in [2.05, 4.69) is 30.9 Å². The Morgan fingerprint density at radius 1 is 1.26 bits per heavy atom. The highest BCUT2D eigenvalue weighted by Crippen LogP contribution is 2.33. The van der Waals surface area contributed by atoms with Crippen molar-refractivity contribution < 1.29 is 2.78 Å². The minimum Gasteiger partial charge on any atom is -0.354 e. The van der Waals surface area contributed by atoms with Crippen LogP contribution in [0.4, 0.5) is 5.69 Å². The maximum absolute atomic E-state index is 8.47. The van der Waals surface area contributed by atoms with Crippen LogP contribution in [-0.2, 0) is 0 Å². The van der Waals surface area contributed by atoms with Gasteiger partial charge in [0.1, 0.15) is 1.41 Å². The van der Waals surface area contributed by atoms with Crippen LogP contribution in [0, 0.1) is 12.8 Å². The molecule has 1 saturated heterocycles. The molecule has 3 atom stereocenters. The van der Waals surface area contributed by atoms with Crippen molar-refractivity contribution in [2.24, 2.45) is 5.92 Å². The zero-order chi connectivity index (χ0) is 15.0. The summed E-state index contributed by atoms with van der Waals surface area (Å²) in [5.41, 5.74) is 2.31. The van der Waals surface area contributed by atoms with Crippen molar-refractivity contribution in [3.63, 3.8) is 0 Å². The molecule has 2 heteroatoms. The van der Waals surface area contributed by atoms with E-state index in [1.165, 1.54) is 37.7 Å². The third-order valence-corrected chi connectivity index (χ3v) is 4.82. The molecule has 2 unspecified atom stereocenters. The van der Waals surface area contributed by atoms with Gasteiger partial charge in [0.05, 0.1) is 8.02 Å². The lowest BCUT2D eigenvalue weighted by atomic mass is 9.82. The van der Waals surface area contributed by atoms with E-state index in [0.717, 1.165) is 5.69 Å². The molecule has 0 spiro atoms. The Labute approximate surface area is 120 Å². The highest BCUT2D eigenvalue weighted by molar-refractivity contribution is 5.54. The Hall–Kier alpha value is -1.02. The number of benzene rings is 1. The van der Waals surface area contributed by atoms with Crippen LogP contribution in [-0.4, -0.2) is 18.7 Å². The van der Waals surface area contributed by atoms with E-state index >= 15 is 0 Å². The lowest BCUT2D eigenvalue weighted by Crippen LogP contribution is -2.40. The maximum Gasteiger partial charge on any atom is 0.124 e. The Morgan fingerprint density at radius 2 is 2.00 bits per heavy atom. The summed E-state index contributed by atoms with van der Waals surface area (Å²) in [6.45, 7) is 3.70. The second-order valence-electron chi connectivity index (χ2n) is 6.09. The molecule has 19 heavy (non-hydrogen) atoms. The predicted octanol–water partition coefficient (Wildman–Crippen LogP) is 3.70. The Bertz CT molecular complexity index is 487. The van der Waals surface area contributed by atoms with Gasteiger partial charge in [-0.15, -0.1) is 0 Å². The monoisotopic (exact) mass is 260 g/mol. The molecule has 1 aromatic rings. The highest BCUT2D eigenvalue weighted by atomic mass is 15.3. The molecule has 0 radical (unpaired) electrons. The standard InChI is InChI=1S/C17H26N2/c1-13-8-6-7-11-16(13)19-12-18-17(14(19)2)15-9-4-3-5-10-15/h6-8,11,14-15,17-18H,3-5,9-10,12H2,1-2H3/t14-,17?/m0/s1/i12D/hD/t12?,14-,17?. The number of hydrogen-bond donors (Lipinski definition) is 1. The van der Waals surface area contributed by atoms with Gasteiger partial charge in [-0.3, -0.25) is 5.31 Å². The SMILES string of the molecule is [2H]C1N([2H])C(C2CCCCC2)[C@H](C)N1c1ccccc1C. The fourth-order valence-electron chi connectivity index (χ4n) is 3.67. The van der Waals surface area contributed by atoms with Crippen molar-refractivity contribution in [3.8, 4) is 0 Å². The quantitative estimate of drug-likeness (QED) is 0.872. The normalized spacial score (nSPS) is 35.3. The van der Waals surface area contributed by atoms with Gasteiger partial charge in [-0.05, 0) is 44.2 Å². The number of hydrogen-bond acceptors (Lipinski definition) is 2. The molecule has 2 fully saturated rings. The third-order valence-electron chi connectivity index (χ3n) is 4.82. The Balaban J connectivity index is 1.88. The van der Waals surface area contributed by atoms with E-state index in [4.69, 9.17) is 2.78 Å². The van der Waals surface area contributed by atoms with Gasteiger partial charge in [-0.2, -0.15) is 0 Å². The molecular weight excluding hydrogens is 232 g/mol.